The Hall–Kier alpha value is -2.76. The van der Waals surface area contributed by atoms with Crippen LogP contribution in [0.5, 0.6) is 0 Å². The number of aromatic amines is 2. The highest BCUT2D eigenvalue weighted by atomic mass is 15.2. The first-order chi connectivity index (χ1) is 11.8. The van der Waals surface area contributed by atoms with E-state index in [1.807, 2.05) is 6.20 Å². The zero-order valence-corrected chi connectivity index (χ0v) is 15.3. The molecule has 0 radical (unpaired) electrons. The number of rotatable bonds is 2. The van der Waals surface area contributed by atoms with Crippen molar-refractivity contribution in [2.75, 3.05) is 0 Å². The van der Waals surface area contributed by atoms with Gasteiger partial charge in [-0.2, -0.15) is 9.67 Å². The number of pyridine rings is 2. The first-order valence-corrected chi connectivity index (χ1v) is 8.58. The smallest absolute Gasteiger partial charge is 0.272 e. The van der Waals surface area contributed by atoms with Crippen molar-refractivity contribution in [3.05, 3.63) is 42.0 Å². The van der Waals surface area contributed by atoms with Crippen molar-refractivity contribution in [2.45, 2.75) is 46.0 Å². The van der Waals surface area contributed by atoms with Gasteiger partial charge in [-0.25, -0.2) is 4.98 Å². The molecule has 0 spiro atoms. The van der Waals surface area contributed by atoms with Crippen LogP contribution in [0.25, 0.3) is 27.8 Å². The molecule has 0 amide bonds. The Morgan fingerprint density at radius 1 is 1.04 bits per heavy atom. The molecule has 4 aromatic rings. The number of nitrogens with zero attached hydrogens (tertiary/aromatic N) is 4. The number of hydrogen-bond acceptors (Lipinski definition) is 3. The highest BCUT2D eigenvalue weighted by Crippen LogP contribution is 2.26. The molecule has 128 valence electrons. The number of aromatic nitrogens is 6. The molecule has 4 aromatic heterocycles. The third-order valence-corrected chi connectivity index (χ3v) is 4.57. The molecule has 25 heavy (non-hydrogen) atoms. The Bertz CT molecular complexity index is 1060. The van der Waals surface area contributed by atoms with E-state index in [4.69, 9.17) is 4.98 Å². The lowest BCUT2D eigenvalue weighted by Crippen LogP contribution is -2.34. The number of H-pyrrole nitrogens is 2. The van der Waals surface area contributed by atoms with Crippen molar-refractivity contribution in [3.8, 4) is 5.69 Å². The van der Waals surface area contributed by atoms with E-state index in [0.717, 1.165) is 33.4 Å². The van der Waals surface area contributed by atoms with E-state index >= 15 is 0 Å². The molecule has 0 saturated heterocycles. The van der Waals surface area contributed by atoms with E-state index in [1.54, 1.807) is 6.20 Å². The van der Waals surface area contributed by atoms with Crippen LogP contribution < -0.4 is 4.57 Å². The van der Waals surface area contributed by atoms with Gasteiger partial charge in [0.25, 0.3) is 0 Å². The van der Waals surface area contributed by atoms with Crippen molar-refractivity contribution in [2.24, 2.45) is 0 Å². The van der Waals surface area contributed by atoms with Crippen LogP contribution in [-0.4, -0.2) is 25.4 Å². The summed E-state index contributed by atoms with van der Waals surface area (Å²) in [5.41, 5.74) is 6.04. The molecule has 0 bridgehead atoms. The Balaban J connectivity index is 2.09. The Kier molecular flexibility index (Phi) is 3.39. The molecule has 4 heterocycles. The fourth-order valence-electron chi connectivity index (χ4n) is 3.01. The van der Waals surface area contributed by atoms with Crippen molar-refractivity contribution in [3.63, 3.8) is 0 Å². The molecule has 0 aromatic carbocycles. The Morgan fingerprint density at radius 3 is 2.52 bits per heavy atom. The fourth-order valence-corrected chi connectivity index (χ4v) is 3.01. The maximum Gasteiger partial charge on any atom is 0.313 e. The second-order valence-corrected chi connectivity index (χ2v) is 7.88. The second kappa shape index (κ2) is 5.37. The summed E-state index contributed by atoms with van der Waals surface area (Å²) >= 11 is 0. The summed E-state index contributed by atoms with van der Waals surface area (Å²) in [6, 6.07) is 4.33. The molecule has 0 fully saturated rings. The van der Waals surface area contributed by atoms with Gasteiger partial charge in [0, 0.05) is 11.5 Å². The first kappa shape index (κ1) is 15.7. The minimum Gasteiger partial charge on any atom is -0.272 e. The van der Waals surface area contributed by atoms with Crippen LogP contribution >= 0.6 is 0 Å². The number of hydrogen-bond donors (Lipinski definition) is 2. The summed E-state index contributed by atoms with van der Waals surface area (Å²) in [4.78, 5) is 4.78. The standard InChI is InChI=1S/C19H22N6/c1-11(2)13-6-12-8-20-24-18(12)25(10-13)15-7-16(19(3,4)5)22-14-9-21-23-17(14)15/h6-11H,1-5H3,(H,21,22,23)/p+1. The summed E-state index contributed by atoms with van der Waals surface area (Å²) < 4.78 is 2.16. The van der Waals surface area contributed by atoms with Gasteiger partial charge in [0.2, 0.25) is 0 Å². The molecule has 0 saturated carbocycles. The van der Waals surface area contributed by atoms with Gasteiger partial charge >= 0.3 is 5.65 Å². The lowest BCUT2D eigenvalue weighted by molar-refractivity contribution is -0.568. The number of nitrogens with one attached hydrogen (secondary N) is 2. The van der Waals surface area contributed by atoms with Crippen LogP contribution in [0.3, 0.4) is 0 Å². The largest absolute Gasteiger partial charge is 0.313 e. The molecule has 0 atom stereocenters. The van der Waals surface area contributed by atoms with Crippen LogP contribution in [-0.2, 0) is 5.41 Å². The Morgan fingerprint density at radius 2 is 1.80 bits per heavy atom. The van der Waals surface area contributed by atoms with E-state index in [0.29, 0.717) is 5.92 Å². The van der Waals surface area contributed by atoms with Crippen molar-refractivity contribution >= 4 is 22.1 Å². The normalized spacial score (nSPS) is 12.6. The third-order valence-electron chi connectivity index (χ3n) is 4.57. The highest BCUT2D eigenvalue weighted by molar-refractivity contribution is 5.82. The lowest BCUT2D eigenvalue weighted by atomic mass is 9.91. The summed E-state index contributed by atoms with van der Waals surface area (Å²) in [5.74, 6) is 0.423. The average molecular weight is 335 g/mol. The van der Waals surface area contributed by atoms with Gasteiger partial charge in [0.05, 0.1) is 23.5 Å². The second-order valence-electron chi connectivity index (χ2n) is 7.88. The zero-order valence-electron chi connectivity index (χ0n) is 15.3. The molecule has 0 aliphatic rings. The zero-order chi connectivity index (χ0) is 17.8. The molecule has 2 N–H and O–H groups in total. The first-order valence-electron chi connectivity index (χ1n) is 8.58. The molecule has 6 heteroatoms. The monoisotopic (exact) mass is 335 g/mol. The van der Waals surface area contributed by atoms with Crippen molar-refractivity contribution in [1.82, 2.24) is 25.4 Å². The van der Waals surface area contributed by atoms with E-state index in [1.165, 1.54) is 5.56 Å². The van der Waals surface area contributed by atoms with Crippen molar-refractivity contribution in [1.29, 1.82) is 0 Å². The van der Waals surface area contributed by atoms with E-state index in [9.17, 15) is 0 Å². The van der Waals surface area contributed by atoms with Gasteiger partial charge in [-0.3, -0.25) is 5.10 Å². The van der Waals surface area contributed by atoms with Gasteiger partial charge in [0.1, 0.15) is 17.2 Å². The van der Waals surface area contributed by atoms with Crippen LogP contribution in [0.2, 0.25) is 0 Å². The van der Waals surface area contributed by atoms with Crippen LogP contribution in [0, 0.1) is 0 Å². The lowest BCUT2D eigenvalue weighted by Gasteiger charge is -2.18. The van der Waals surface area contributed by atoms with Crippen LogP contribution in [0.4, 0.5) is 0 Å². The van der Waals surface area contributed by atoms with E-state index < -0.39 is 0 Å². The summed E-state index contributed by atoms with van der Waals surface area (Å²) in [5, 5.41) is 15.8. The van der Waals surface area contributed by atoms with Gasteiger partial charge in [-0.15, -0.1) is 5.10 Å². The summed E-state index contributed by atoms with van der Waals surface area (Å²) in [6.45, 7) is 10.9. The van der Waals surface area contributed by atoms with Crippen molar-refractivity contribution < 1.29 is 4.57 Å². The maximum absolute atomic E-state index is 4.78. The van der Waals surface area contributed by atoms with Crippen LogP contribution in [0.1, 0.15) is 51.8 Å². The highest BCUT2D eigenvalue weighted by Gasteiger charge is 2.23. The average Bonchev–Trinajstić information content (AvgIpc) is 3.20. The van der Waals surface area contributed by atoms with E-state index in [-0.39, 0.29) is 5.41 Å². The molecule has 0 aliphatic heterocycles. The summed E-state index contributed by atoms with van der Waals surface area (Å²) in [7, 11) is 0. The van der Waals surface area contributed by atoms with Gasteiger partial charge in [0.15, 0.2) is 5.69 Å². The SMILES string of the molecule is CC(C)c1cc2cn[nH]c2[n+](-c2cc(C(C)(C)C)nc3cn[nH]c23)c1. The van der Waals surface area contributed by atoms with E-state index in [2.05, 4.69) is 77.9 Å². The predicted octanol–water partition coefficient (Wildman–Crippen LogP) is 3.53. The maximum atomic E-state index is 4.78. The number of fused-ring (bicyclic) bond motifs is 2. The molecule has 0 unspecified atom stereocenters. The molecular weight excluding hydrogens is 312 g/mol. The molecule has 6 nitrogen and oxygen atoms in total. The quantitative estimate of drug-likeness (QED) is 0.550. The molecular formula is C19H23N6+. The summed E-state index contributed by atoms with van der Waals surface area (Å²) in [6.07, 6.45) is 5.83. The topological polar surface area (TPSA) is 74.1 Å². The molecule has 0 aliphatic carbocycles. The third kappa shape index (κ3) is 2.58. The van der Waals surface area contributed by atoms with Gasteiger partial charge < -0.3 is 0 Å². The van der Waals surface area contributed by atoms with Crippen LogP contribution in [0.15, 0.2) is 30.7 Å². The Labute approximate surface area is 146 Å². The van der Waals surface area contributed by atoms with Gasteiger partial charge in [-0.1, -0.05) is 39.7 Å². The molecule has 4 rings (SSSR count). The minimum atomic E-state index is -0.0521. The van der Waals surface area contributed by atoms with Gasteiger partial charge in [-0.05, 0) is 17.5 Å². The predicted molar refractivity (Wildman–Crippen MR) is 97.9 cm³/mol. The fraction of sp³-hybridized carbons (Fsp3) is 0.368. The minimum absolute atomic E-state index is 0.0521.